The lowest BCUT2D eigenvalue weighted by molar-refractivity contribution is 0.750. The van der Waals surface area contributed by atoms with Gasteiger partial charge in [-0.05, 0) is 30.3 Å². The van der Waals surface area contributed by atoms with Gasteiger partial charge in [-0.25, -0.2) is 0 Å². The summed E-state index contributed by atoms with van der Waals surface area (Å²) in [7, 11) is 0. The molecule has 22 heavy (non-hydrogen) atoms. The normalized spacial score (nSPS) is 11.1. The molecule has 1 aromatic carbocycles. The first kappa shape index (κ1) is 14.3. The smallest absolute Gasteiger partial charge is 0.216 e. The standard InChI is InChI=1S/C16H15N5S/c22-16-20-19-15(9-8-13-5-2-1-3-6-13)21(16)18-12-14-7-4-10-17-11-14/h1-7,10-12H,8-9H2,(H,20,22)/b18-12-. The molecule has 3 rings (SSSR count). The fourth-order valence-electron chi connectivity index (χ4n) is 2.08. The van der Waals surface area contributed by atoms with Crippen molar-refractivity contribution in [2.75, 3.05) is 0 Å². The highest BCUT2D eigenvalue weighted by Crippen LogP contribution is 2.06. The van der Waals surface area contributed by atoms with Gasteiger partial charge in [0.1, 0.15) is 0 Å². The number of nitrogens with zero attached hydrogens (tertiary/aromatic N) is 4. The van der Waals surface area contributed by atoms with E-state index in [9.17, 15) is 0 Å². The fourth-order valence-corrected chi connectivity index (χ4v) is 2.28. The zero-order valence-corrected chi connectivity index (χ0v) is 12.7. The van der Waals surface area contributed by atoms with Crippen molar-refractivity contribution in [3.05, 3.63) is 76.6 Å². The summed E-state index contributed by atoms with van der Waals surface area (Å²) in [5.74, 6) is 0.814. The predicted octanol–water partition coefficient (Wildman–Crippen LogP) is 3.00. The molecule has 110 valence electrons. The Hall–Kier alpha value is -2.60. The molecule has 0 atom stereocenters. The van der Waals surface area contributed by atoms with Crippen LogP contribution in [0, 0.1) is 4.77 Å². The van der Waals surface area contributed by atoms with E-state index in [0.29, 0.717) is 4.77 Å². The Balaban J connectivity index is 1.76. The van der Waals surface area contributed by atoms with E-state index in [2.05, 4.69) is 32.4 Å². The van der Waals surface area contributed by atoms with Crippen LogP contribution in [-0.2, 0) is 12.8 Å². The third kappa shape index (κ3) is 3.53. The van der Waals surface area contributed by atoms with Gasteiger partial charge in [-0.2, -0.15) is 14.9 Å². The third-order valence-electron chi connectivity index (χ3n) is 3.20. The molecule has 2 heterocycles. The zero-order valence-electron chi connectivity index (χ0n) is 11.9. The van der Waals surface area contributed by atoms with Gasteiger partial charge in [-0.3, -0.25) is 10.1 Å². The van der Waals surface area contributed by atoms with Crippen molar-refractivity contribution in [1.29, 1.82) is 0 Å². The second-order valence-corrected chi connectivity index (χ2v) is 5.16. The second kappa shape index (κ2) is 6.91. The lowest BCUT2D eigenvalue weighted by Gasteiger charge is -2.01. The maximum atomic E-state index is 5.23. The lowest BCUT2D eigenvalue weighted by atomic mass is 10.1. The minimum absolute atomic E-state index is 0.489. The van der Waals surface area contributed by atoms with Crippen LogP contribution in [0.4, 0.5) is 0 Å². The molecule has 0 aliphatic rings. The summed E-state index contributed by atoms with van der Waals surface area (Å²) >= 11 is 5.23. The number of benzene rings is 1. The van der Waals surface area contributed by atoms with Crippen molar-refractivity contribution < 1.29 is 0 Å². The number of H-pyrrole nitrogens is 1. The molecule has 0 amide bonds. The maximum absolute atomic E-state index is 5.23. The van der Waals surface area contributed by atoms with Crippen LogP contribution in [0.5, 0.6) is 0 Å². The Morgan fingerprint density at radius 2 is 2.00 bits per heavy atom. The van der Waals surface area contributed by atoms with Crippen LogP contribution in [0.15, 0.2) is 60.0 Å². The van der Waals surface area contributed by atoms with Crippen LogP contribution < -0.4 is 0 Å². The molecule has 0 saturated carbocycles. The van der Waals surface area contributed by atoms with Gasteiger partial charge in [0, 0.05) is 24.4 Å². The highest BCUT2D eigenvalue weighted by molar-refractivity contribution is 7.71. The Kier molecular flexibility index (Phi) is 4.50. The molecule has 0 aliphatic heterocycles. The molecule has 0 aliphatic carbocycles. The van der Waals surface area contributed by atoms with Gasteiger partial charge >= 0.3 is 0 Å². The van der Waals surface area contributed by atoms with E-state index < -0.39 is 0 Å². The number of hydrogen-bond acceptors (Lipinski definition) is 4. The Bertz CT molecular complexity index is 805. The maximum Gasteiger partial charge on any atom is 0.216 e. The van der Waals surface area contributed by atoms with Gasteiger partial charge in [0.05, 0.1) is 6.21 Å². The first-order chi connectivity index (χ1) is 10.8. The molecule has 0 spiro atoms. The van der Waals surface area contributed by atoms with Crippen LogP contribution in [-0.4, -0.2) is 26.1 Å². The van der Waals surface area contributed by atoms with Gasteiger partial charge in [0.15, 0.2) is 5.82 Å². The molecule has 0 saturated heterocycles. The van der Waals surface area contributed by atoms with Crippen LogP contribution in [0.1, 0.15) is 17.0 Å². The summed E-state index contributed by atoms with van der Waals surface area (Å²) in [5.41, 5.74) is 2.18. The summed E-state index contributed by atoms with van der Waals surface area (Å²) in [5, 5.41) is 11.5. The molecule has 1 N–H and O–H groups in total. The first-order valence-electron chi connectivity index (χ1n) is 6.97. The molecular weight excluding hydrogens is 294 g/mol. The summed E-state index contributed by atoms with van der Waals surface area (Å²) in [6, 6.07) is 14.1. The molecular formula is C16H15N5S. The van der Waals surface area contributed by atoms with E-state index in [-0.39, 0.29) is 0 Å². The quantitative estimate of drug-likeness (QED) is 0.582. The fraction of sp³-hybridized carbons (Fsp3) is 0.125. The van der Waals surface area contributed by atoms with Crippen molar-refractivity contribution in [3.63, 3.8) is 0 Å². The number of aromatic amines is 1. The van der Waals surface area contributed by atoms with Gasteiger partial charge in [-0.15, -0.1) is 0 Å². The minimum atomic E-state index is 0.489. The van der Waals surface area contributed by atoms with Crippen LogP contribution in [0.25, 0.3) is 0 Å². The molecule has 0 bridgehead atoms. The Morgan fingerprint density at radius 3 is 2.77 bits per heavy atom. The summed E-state index contributed by atoms with van der Waals surface area (Å²) in [6.07, 6.45) is 6.86. The third-order valence-corrected chi connectivity index (χ3v) is 3.47. The van der Waals surface area contributed by atoms with Crippen molar-refractivity contribution in [3.8, 4) is 0 Å². The van der Waals surface area contributed by atoms with Crippen molar-refractivity contribution >= 4 is 18.4 Å². The van der Waals surface area contributed by atoms with E-state index in [4.69, 9.17) is 12.2 Å². The van der Waals surface area contributed by atoms with Crippen LogP contribution in [0.2, 0.25) is 0 Å². The molecule has 6 heteroatoms. The molecule has 0 fully saturated rings. The second-order valence-electron chi connectivity index (χ2n) is 4.77. The van der Waals surface area contributed by atoms with Crippen LogP contribution >= 0.6 is 12.2 Å². The monoisotopic (exact) mass is 309 g/mol. The van der Waals surface area contributed by atoms with E-state index in [1.807, 2.05) is 30.3 Å². The number of aryl methyl sites for hydroxylation is 2. The zero-order chi connectivity index (χ0) is 15.2. The molecule has 2 aromatic heterocycles. The van der Waals surface area contributed by atoms with Gasteiger partial charge in [0.25, 0.3) is 0 Å². The largest absolute Gasteiger partial charge is 0.264 e. The van der Waals surface area contributed by atoms with E-state index >= 15 is 0 Å². The van der Waals surface area contributed by atoms with E-state index in [1.54, 1.807) is 23.3 Å². The molecule has 0 unspecified atom stereocenters. The number of aromatic nitrogens is 4. The Labute approximate surface area is 133 Å². The topological polar surface area (TPSA) is 58.9 Å². The summed E-state index contributed by atoms with van der Waals surface area (Å²) in [6.45, 7) is 0. The predicted molar refractivity (Wildman–Crippen MR) is 88.5 cm³/mol. The van der Waals surface area contributed by atoms with Crippen molar-refractivity contribution in [2.24, 2.45) is 5.10 Å². The average Bonchev–Trinajstić information content (AvgIpc) is 2.93. The summed E-state index contributed by atoms with van der Waals surface area (Å²) in [4.78, 5) is 4.06. The van der Waals surface area contributed by atoms with E-state index in [1.165, 1.54) is 5.56 Å². The number of pyridine rings is 1. The number of nitrogens with one attached hydrogen (secondary N) is 1. The highest BCUT2D eigenvalue weighted by Gasteiger charge is 2.05. The molecule has 0 radical (unpaired) electrons. The SMILES string of the molecule is S=c1[nH]nc(CCc2ccccc2)n1/N=C\c1cccnc1. The number of rotatable bonds is 5. The minimum Gasteiger partial charge on any atom is -0.264 e. The number of hydrogen-bond donors (Lipinski definition) is 1. The first-order valence-corrected chi connectivity index (χ1v) is 7.38. The van der Waals surface area contributed by atoms with Crippen molar-refractivity contribution in [2.45, 2.75) is 12.8 Å². The molecule has 3 aromatic rings. The van der Waals surface area contributed by atoms with Crippen molar-refractivity contribution in [1.82, 2.24) is 19.9 Å². The lowest BCUT2D eigenvalue weighted by Crippen LogP contribution is -2.01. The Morgan fingerprint density at radius 1 is 1.14 bits per heavy atom. The molecule has 5 nitrogen and oxygen atoms in total. The van der Waals surface area contributed by atoms with E-state index in [0.717, 1.165) is 24.2 Å². The van der Waals surface area contributed by atoms with Gasteiger partial charge in [-0.1, -0.05) is 36.4 Å². The van der Waals surface area contributed by atoms with Gasteiger partial charge < -0.3 is 0 Å². The average molecular weight is 309 g/mol. The van der Waals surface area contributed by atoms with Crippen LogP contribution in [0.3, 0.4) is 0 Å². The van der Waals surface area contributed by atoms with Gasteiger partial charge in [0.2, 0.25) is 4.77 Å². The highest BCUT2D eigenvalue weighted by atomic mass is 32.1. The summed E-state index contributed by atoms with van der Waals surface area (Å²) < 4.78 is 2.15.